The second-order valence-corrected chi connectivity index (χ2v) is 15.1. The molecule has 12 heteroatoms. The molecule has 2 amide bonds. The molecule has 2 aliphatic carbocycles. The van der Waals surface area contributed by atoms with Gasteiger partial charge in [0.2, 0.25) is 11.8 Å². The molecule has 2 bridgehead atoms. The number of hydrogen-bond donors (Lipinski definition) is 1. The molecule has 6 unspecified atom stereocenters. The summed E-state index contributed by atoms with van der Waals surface area (Å²) in [6, 6.07) is 18.2. The van der Waals surface area contributed by atoms with E-state index in [9.17, 15) is 27.6 Å². The largest absolute Gasteiger partial charge is 0.489 e. The molecule has 8 rings (SSSR count). The number of ether oxygens (including phenoxy) is 1. The first-order valence-electron chi connectivity index (χ1n) is 14.9. The van der Waals surface area contributed by atoms with Gasteiger partial charge in [0, 0.05) is 26.6 Å². The molecule has 46 heavy (non-hydrogen) atoms. The number of aromatic nitrogens is 1. The molecular weight excluding hydrogens is 657 g/mol. The van der Waals surface area contributed by atoms with Crippen molar-refractivity contribution in [2.75, 3.05) is 4.90 Å². The number of aryl methyl sites for hydroxylation is 1. The number of hydrogen-bond acceptors (Lipinski definition) is 6. The van der Waals surface area contributed by atoms with Crippen molar-refractivity contribution >= 4 is 52.2 Å². The molecule has 2 saturated carbocycles. The molecule has 0 radical (unpaired) electrons. The van der Waals surface area contributed by atoms with Crippen molar-refractivity contribution in [2.45, 2.75) is 42.3 Å². The van der Waals surface area contributed by atoms with E-state index in [4.69, 9.17) is 16.3 Å². The second kappa shape index (κ2) is 10.7. The van der Waals surface area contributed by atoms with Gasteiger partial charge >= 0.3 is 11.0 Å². The van der Waals surface area contributed by atoms with Crippen molar-refractivity contribution < 1.29 is 27.5 Å². The number of carbonyl (C=O) groups excluding carboxylic acids is 2. The maximum atomic E-state index is 14.1. The van der Waals surface area contributed by atoms with Crippen molar-refractivity contribution in [2.24, 2.45) is 29.6 Å². The number of anilines is 1. The van der Waals surface area contributed by atoms with E-state index in [2.05, 4.69) is 4.98 Å². The number of alkyl halides is 3. The number of amides is 2. The lowest BCUT2D eigenvalue weighted by Crippen LogP contribution is -2.42. The molecule has 7 atom stereocenters. The monoisotopic (exact) mass is 682 g/mol. The van der Waals surface area contributed by atoms with E-state index in [1.54, 1.807) is 6.07 Å². The molecular formula is C34H26ClF3N2O4S2. The van der Waals surface area contributed by atoms with Gasteiger partial charge in [0.05, 0.1) is 28.1 Å². The predicted molar refractivity (Wildman–Crippen MR) is 169 cm³/mol. The number of para-hydroxylation sites is 1. The fourth-order valence-corrected chi connectivity index (χ4v) is 11.3. The zero-order valence-electron chi connectivity index (χ0n) is 24.2. The van der Waals surface area contributed by atoms with E-state index in [0.29, 0.717) is 28.8 Å². The normalized spacial score (nSPS) is 27.9. The molecule has 3 aromatic carbocycles. The Hall–Kier alpha value is -3.54. The lowest BCUT2D eigenvalue weighted by molar-refractivity contribution is -0.137. The van der Waals surface area contributed by atoms with Crippen LogP contribution < -0.4 is 14.5 Å². The third-order valence-corrected chi connectivity index (χ3v) is 12.8. The van der Waals surface area contributed by atoms with Crippen LogP contribution in [-0.2, 0) is 22.4 Å². The minimum absolute atomic E-state index is 0.146. The summed E-state index contributed by atoms with van der Waals surface area (Å²) in [6.07, 6.45) is -4.13. The number of fused-ring (bicyclic) bond motifs is 9. The third-order valence-electron chi connectivity index (χ3n) is 10.00. The lowest BCUT2D eigenvalue weighted by Gasteiger charge is -2.43. The molecule has 1 saturated heterocycles. The molecule has 3 fully saturated rings. The van der Waals surface area contributed by atoms with Gasteiger partial charge in [0.1, 0.15) is 12.4 Å². The highest BCUT2D eigenvalue weighted by Gasteiger charge is 2.70. The summed E-state index contributed by atoms with van der Waals surface area (Å²) in [5.74, 6) is -3.13. The zero-order valence-corrected chi connectivity index (χ0v) is 26.6. The van der Waals surface area contributed by atoms with Crippen LogP contribution >= 0.6 is 34.7 Å². The summed E-state index contributed by atoms with van der Waals surface area (Å²) in [6.45, 7) is 2.31. The van der Waals surface area contributed by atoms with E-state index in [1.807, 2.05) is 43.3 Å². The molecule has 6 nitrogen and oxygen atoms in total. The highest BCUT2D eigenvalue weighted by molar-refractivity contribution is 8.00. The van der Waals surface area contributed by atoms with E-state index in [0.717, 1.165) is 43.9 Å². The fraction of sp³-hybridized carbons (Fsp3) is 0.324. The number of aromatic amines is 1. The number of nitrogens with one attached hydrogen (secondary N) is 1. The number of imide groups is 1. The summed E-state index contributed by atoms with van der Waals surface area (Å²) in [4.78, 5) is 45.1. The van der Waals surface area contributed by atoms with Crippen LogP contribution in [0.2, 0.25) is 5.02 Å². The number of thiazole rings is 1. The topological polar surface area (TPSA) is 79.5 Å². The Labute approximate surface area is 274 Å². The highest BCUT2D eigenvalue weighted by atomic mass is 35.5. The molecule has 1 aromatic heterocycles. The van der Waals surface area contributed by atoms with E-state index in [1.165, 1.54) is 30.0 Å². The summed E-state index contributed by atoms with van der Waals surface area (Å²) in [5.41, 5.74) is 1.46. The van der Waals surface area contributed by atoms with Gasteiger partial charge in [-0.25, -0.2) is 4.90 Å². The Morgan fingerprint density at radius 2 is 1.70 bits per heavy atom. The summed E-state index contributed by atoms with van der Waals surface area (Å²) in [5, 5.41) is 1.05. The Balaban J connectivity index is 1.20. The Morgan fingerprint density at radius 1 is 0.978 bits per heavy atom. The fourth-order valence-electron chi connectivity index (χ4n) is 8.25. The van der Waals surface area contributed by atoms with Crippen LogP contribution in [0.4, 0.5) is 18.9 Å². The van der Waals surface area contributed by atoms with Crippen molar-refractivity contribution in [1.29, 1.82) is 0 Å². The predicted octanol–water partition coefficient (Wildman–Crippen LogP) is 7.67. The zero-order chi connectivity index (χ0) is 32.1. The number of thioether (sulfide) groups is 1. The van der Waals surface area contributed by atoms with Gasteiger partial charge in [-0.2, -0.15) is 13.2 Å². The van der Waals surface area contributed by atoms with Gasteiger partial charge < -0.3 is 9.72 Å². The molecule has 3 heterocycles. The average molecular weight is 683 g/mol. The minimum atomic E-state index is -4.73. The number of halogens is 4. The van der Waals surface area contributed by atoms with Crippen LogP contribution in [-0.4, -0.2) is 22.0 Å². The quantitative estimate of drug-likeness (QED) is 0.219. The van der Waals surface area contributed by atoms with Gasteiger partial charge in [-0.3, -0.25) is 14.4 Å². The summed E-state index contributed by atoms with van der Waals surface area (Å²) < 4.78 is 48.4. The van der Waals surface area contributed by atoms with Gasteiger partial charge in [0.25, 0.3) is 0 Å². The number of carbonyl (C=O) groups is 2. The molecule has 1 N–H and O–H groups in total. The number of rotatable bonds is 5. The average Bonchev–Trinajstić information content (AvgIpc) is 3.75. The van der Waals surface area contributed by atoms with E-state index >= 15 is 0 Å². The first-order chi connectivity index (χ1) is 22.0. The van der Waals surface area contributed by atoms with Crippen LogP contribution in [0, 0.1) is 36.5 Å². The number of H-pyrrole nitrogens is 1. The van der Waals surface area contributed by atoms with Crippen molar-refractivity contribution in [3.05, 3.63) is 109 Å². The maximum absolute atomic E-state index is 14.1. The third kappa shape index (κ3) is 4.57. The molecule has 2 aliphatic heterocycles. The van der Waals surface area contributed by atoms with E-state index in [-0.39, 0.29) is 33.8 Å². The molecule has 0 spiro atoms. The van der Waals surface area contributed by atoms with Crippen molar-refractivity contribution in [3.63, 3.8) is 0 Å². The Bertz CT molecular complexity index is 1960. The first-order valence-corrected chi connectivity index (χ1v) is 17.0. The summed E-state index contributed by atoms with van der Waals surface area (Å²) in [7, 11) is 0. The van der Waals surface area contributed by atoms with Crippen LogP contribution in [0.25, 0.3) is 0 Å². The standard InChI is InChI=1S/C34H26ClF3N2O4S2/c1-15-6-8-16(9-7-15)14-44-23-11-10-17(35)12-18(23)24-25-19-13-20(28(25)45-30-29(24)46-33(43)39-30)27-26(19)31(41)40(32(27)42)22-5-3-2-4-21(22)34(36,37)38/h2-12,19-20,24-28H,13-14H2,1H3,(H,39,43)/t19?,20?,24-,25?,26?,27?,28?/m1/s1. The number of benzene rings is 3. The smallest absolute Gasteiger partial charge is 0.418 e. The minimum Gasteiger partial charge on any atom is -0.489 e. The molecule has 4 aliphatic rings. The molecule has 236 valence electrons. The number of nitrogens with zero attached hydrogens (tertiary/aromatic N) is 1. The first kappa shape index (κ1) is 29.8. The maximum Gasteiger partial charge on any atom is 0.418 e. The van der Waals surface area contributed by atoms with Crippen molar-refractivity contribution in [1.82, 2.24) is 4.98 Å². The highest BCUT2D eigenvalue weighted by Crippen LogP contribution is 2.69. The van der Waals surface area contributed by atoms with Crippen LogP contribution in [0.15, 0.2) is 76.6 Å². The van der Waals surface area contributed by atoms with Crippen LogP contribution in [0.5, 0.6) is 5.75 Å². The van der Waals surface area contributed by atoms with Crippen LogP contribution in [0.3, 0.4) is 0 Å². The lowest BCUT2D eigenvalue weighted by atomic mass is 9.68. The van der Waals surface area contributed by atoms with Gasteiger partial charge in [0.15, 0.2) is 0 Å². The van der Waals surface area contributed by atoms with Gasteiger partial charge in [-0.15, -0.1) is 11.8 Å². The Morgan fingerprint density at radius 3 is 2.43 bits per heavy atom. The second-order valence-electron chi connectivity index (χ2n) is 12.4. The summed E-state index contributed by atoms with van der Waals surface area (Å²) >= 11 is 9.19. The van der Waals surface area contributed by atoms with Crippen molar-refractivity contribution in [3.8, 4) is 5.75 Å². The SMILES string of the molecule is Cc1ccc(COc2ccc(Cl)cc2[C@H]2c3sc(=O)[nH]c3SC3C4CC(C5C(=O)N(c6ccccc6C(F)(F)F)C(=O)C45)C32)cc1. The van der Waals surface area contributed by atoms with Crippen LogP contribution in [0.1, 0.15) is 39.5 Å². The van der Waals surface area contributed by atoms with E-state index < -0.39 is 41.1 Å². The Kier molecular flexibility index (Phi) is 6.97. The van der Waals surface area contributed by atoms with Gasteiger partial charge in [-0.05, 0) is 67.0 Å². The van der Waals surface area contributed by atoms with Gasteiger partial charge in [-0.1, -0.05) is 64.9 Å². The molecule has 4 aromatic rings.